The van der Waals surface area contributed by atoms with E-state index in [4.69, 9.17) is 0 Å². The van der Waals surface area contributed by atoms with E-state index in [0.717, 1.165) is 12.8 Å². The van der Waals surface area contributed by atoms with Crippen molar-refractivity contribution in [1.82, 2.24) is 10.6 Å². The number of hydrogen-bond acceptors (Lipinski definition) is 2. The molecule has 2 amide bonds. The molecule has 0 fully saturated rings. The van der Waals surface area contributed by atoms with E-state index < -0.39 is 0 Å². The maximum Gasteiger partial charge on any atom is 0.251 e. The number of carbonyl (C=O) groups is 2. The van der Waals surface area contributed by atoms with Crippen LogP contribution in [0.25, 0.3) is 0 Å². The molecule has 0 heterocycles. The van der Waals surface area contributed by atoms with Gasteiger partial charge in [0.15, 0.2) is 0 Å². The van der Waals surface area contributed by atoms with Gasteiger partial charge in [0, 0.05) is 24.2 Å². The van der Waals surface area contributed by atoms with E-state index in [1.54, 1.807) is 18.2 Å². The van der Waals surface area contributed by atoms with Crippen molar-refractivity contribution in [3.8, 4) is 0 Å². The van der Waals surface area contributed by atoms with Crippen LogP contribution in [0.5, 0.6) is 0 Å². The third-order valence-corrected chi connectivity index (χ3v) is 10.0. The summed E-state index contributed by atoms with van der Waals surface area (Å²) in [5.41, 5.74) is 1.14. The first kappa shape index (κ1) is 44.2. The third kappa shape index (κ3) is 28.0. The Labute approximate surface area is 299 Å². The summed E-state index contributed by atoms with van der Waals surface area (Å²) in [6.45, 7) is 5.97. The monoisotopic (exact) mass is 669 g/mol. The fourth-order valence-corrected chi connectivity index (χ4v) is 6.76. The summed E-state index contributed by atoms with van der Waals surface area (Å²) in [5, 5.41) is 6.09. The summed E-state index contributed by atoms with van der Waals surface area (Å²) in [4.78, 5) is 25.3. The summed E-state index contributed by atoms with van der Waals surface area (Å²) in [7, 11) is 0. The third-order valence-electron chi connectivity index (χ3n) is 10.0. The molecule has 0 aliphatic heterocycles. The zero-order chi connectivity index (χ0) is 34.6. The number of nitrogens with one attached hydrogen (secondary N) is 2. The number of amides is 2. The van der Waals surface area contributed by atoms with E-state index in [1.165, 1.54) is 193 Å². The van der Waals surface area contributed by atoms with Gasteiger partial charge in [0.25, 0.3) is 11.8 Å². The minimum atomic E-state index is -0.0802. The van der Waals surface area contributed by atoms with Gasteiger partial charge in [-0.3, -0.25) is 9.59 Å². The molecule has 0 aliphatic carbocycles. The molecule has 2 N–H and O–H groups in total. The number of benzene rings is 1. The van der Waals surface area contributed by atoms with E-state index >= 15 is 0 Å². The summed E-state index contributed by atoms with van der Waals surface area (Å²) in [5.74, 6) is -0.160. The SMILES string of the molecule is CCCCCCCCCCCCCCCCCCNC(=O)c1cccc(C(=O)NCCCCCCCCCCCCCCCCCC)c1. The van der Waals surface area contributed by atoms with Crippen LogP contribution >= 0.6 is 0 Å². The van der Waals surface area contributed by atoms with Gasteiger partial charge >= 0.3 is 0 Å². The number of hydrogen-bond donors (Lipinski definition) is 2. The molecular weight excluding hydrogens is 588 g/mol. The molecule has 1 rings (SSSR count). The fraction of sp³-hybridized carbons (Fsp3) is 0.818. The lowest BCUT2D eigenvalue weighted by atomic mass is 10.0. The van der Waals surface area contributed by atoms with Gasteiger partial charge in [-0.2, -0.15) is 0 Å². The van der Waals surface area contributed by atoms with Gasteiger partial charge in [0.05, 0.1) is 0 Å². The average molecular weight is 669 g/mol. The van der Waals surface area contributed by atoms with Gasteiger partial charge in [-0.1, -0.05) is 213 Å². The Kier molecular flexibility index (Phi) is 32.2. The highest BCUT2D eigenvalue weighted by molar-refractivity contribution is 5.99. The van der Waals surface area contributed by atoms with Crippen molar-refractivity contribution in [2.75, 3.05) is 13.1 Å². The largest absolute Gasteiger partial charge is 0.352 e. The lowest BCUT2D eigenvalue weighted by Gasteiger charge is -2.08. The van der Waals surface area contributed by atoms with Gasteiger partial charge in [-0.25, -0.2) is 0 Å². The Balaban J connectivity index is 1.95. The lowest BCUT2D eigenvalue weighted by molar-refractivity contribution is 0.0952. The van der Waals surface area contributed by atoms with Crippen LogP contribution in [0, 0.1) is 0 Å². The second-order valence-corrected chi connectivity index (χ2v) is 14.7. The van der Waals surface area contributed by atoms with Gasteiger partial charge in [0.2, 0.25) is 0 Å². The summed E-state index contributed by atoms with van der Waals surface area (Å²) < 4.78 is 0. The molecule has 0 spiro atoms. The van der Waals surface area contributed by atoms with Gasteiger partial charge < -0.3 is 10.6 Å². The molecular formula is C44H80N2O2. The van der Waals surface area contributed by atoms with Crippen LogP contribution in [0.4, 0.5) is 0 Å². The quantitative estimate of drug-likeness (QED) is 0.0699. The Bertz CT molecular complexity index is 789. The van der Waals surface area contributed by atoms with Crippen molar-refractivity contribution in [2.24, 2.45) is 0 Å². The molecule has 278 valence electrons. The van der Waals surface area contributed by atoms with Crippen LogP contribution in [-0.2, 0) is 0 Å². The van der Waals surface area contributed by atoms with Crippen molar-refractivity contribution in [2.45, 2.75) is 219 Å². The molecule has 4 heteroatoms. The topological polar surface area (TPSA) is 58.2 Å². The number of rotatable bonds is 36. The molecule has 0 saturated heterocycles. The molecule has 0 saturated carbocycles. The first-order valence-electron chi connectivity index (χ1n) is 21.4. The normalized spacial score (nSPS) is 11.2. The van der Waals surface area contributed by atoms with E-state index in [1.807, 2.05) is 6.07 Å². The minimum Gasteiger partial charge on any atom is -0.352 e. The summed E-state index contributed by atoms with van der Waals surface area (Å²) in [6.07, 6.45) is 43.2. The molecule has 1 aromatic rings. The maximum atomic E-state index is 12.7. The van der Waals surface area contributed by atoms with Crippen molar-refractivity contribution >= 4 is 11.8 Å². The van der Waals surface area contributed by atoms with Crippen molar-refractivity contribution in [1.29, 1.82) is 0 Å². The predicted molar refractivity (Wildman–Crippen MR) is 210 cm³/mol. The lowest BCUT2D eigenvalue weighted by Crippen LogP contribution is -2.26. The summed E-state index contributed by atoms with van der Waals surface area (Å²) in [6, 6.07) is 7.14. The van der Waals surface area contributed by atoms with Crippen LogP contribution in [0.1, 0.15) is 240 Å². The summed E-state index contributed by atoms with van der Waals surface area (Å²) >= 11 is 0. The molecule has 0 aliphatic rings. The molecule has 1 aromatic carbocycles. The molecule has 4 nitrogen and oxygen atoms in total. The Morgan fingerprint density at radius 3 is 0.854 bits per heavy atom. The van der Waals surface area contributed by atoms with Crippen molar-refractivity contribution in [3.05, 3.63) is 35.4 Å². The Morgan fingerprint density at radius 1 is 0.375 bits per heavy atom. The zero-order valence-corrected chi connectivity index (χ0v) is 32.2. The number of carbonyl (C=O) groups excluding carboxylic acids is 2. The smallest absolute Gasteiger partial charge is 0.251 e. The van der Waals surface area contributed by atoms with Crippen LogP contribution in [-0.4, -0.2) is 24.9 Å². The molecule has 0 atom stereocenters. The molecule has 0 aromatic heterocycles. The van der Waals surface area contributed by atoms with Gasteiger partial charge in [-0.05, 0) is 31.0 Å². The predicted octanol–water partition coefficient (Wildman–Crippen LogP) is 13.7. The van der Waals surface area contributed by atoms with E-state index in [-0.39, 0.29) is 11.8 Å². The van der Waals surface area contributed by atoms with Crippen molar-refractivity contribution in [3.63, 3.8) is 0 Å². The first-order valence-corrected chi connectivity index (χ1v) is 21.4. The zero-order valence-electron chi connectivity index (χ0n) is 32.2. The fourth-order valence-electron chi connectivity index (χ4n) is 6.76. The van der Waals surface area contributed by atoms with Crippen molar-refractivity contribution < 1.29 is 9.59 Å². The standard InChI is InChI=1S/C44H80N2O2/c1-3-5-7-9-11-13-15-17-19-21-23-25-27-29-31-33-38-45-43(47)41-36-35-37-42(40-41)44(48)46-39-34-32-30-28-26-24-22-20-18-16-14-12-10-8-6-4-2/h35-37,40H,3-34,38-39H2,1-2H3,(H,45,47)(H,46,48). The highest BCUT2D eigenvalue weighted by Crippen LogP contribution is 2.15. The number of unbranched alkanes of at least 4 members (excludes halogenated alkanes) is 30. The second-order valence-electron chi connectivity index (χ2n) is 14.7. The van der Waals surface area contributed by atoms with Crippen LogP contribution in [0.3, 0.4) is 0 Å². The minimum absolute atomic E-state index is 0.0802. The van der Waals surface area contributed by atoms with E-state index in [0.29, 0.717) is 24.2 Å². The second kappa shape index (κ2) is 35.0. The Morgan fingerprint density at radius 2 is 0.604 bits per heavy atom. The van der Waals surface area contributed by atoms with Crippen LogP contribution in [0.2, 0.25) is 0 Å². The molecule has 48 heavy (non-hydrogen) atoms. The van der Waals surface area contributed by atoms with E-state index in [9.17, 15) is 9.59 Å². The van der Waals surface area contributed by atoms with Crippen LogP contribution < -0.4 is 10.6 Å². The first-order chi connectivity index (χ1) is 23.7. The molecule has 0 bridgehead atoms. The Hall–Kier alpha value is -1.84. The van der Waals surface area contributed by atoms with Gasteiger partial charge in [-0.15, -0.1) is 0 Å². The molecule has 0 unspecified atom stereocenters. The highest BCUT2D eigenvalue weighted by atomic mass is 16.2. The average Bonchev–Trinajstić information content (AvgIpc) is 3.10. The van der Waals surface area contributed by atoms with E-state index in [2.05, 4.69) is 24.5 Å². The van der Waals surface area contributed by atoms with Gasteiger partial charge in [0.1, 0.15) is 0 Å². The highest BCUT2D eigenvalue weighted by Gasteiger charge is 2.10. The van der Waals surface area contributed by atoms with Crippen LogP contribution in [0.15, 0.2) is 24.3 Å². The molecule has 0 radical (unpaired) electrons. The maximum absolute atomic E-state index is 12.7.